The van der Waals surface area contributed by atoms with E-state index in [1.54, 1.807) is 0 Å². The molecule has 0 spiro atoms. The van der Waals surface area contributed by atoms with Crippen LogP contribution in [0.4, 0.5) is 23.4 Å². The van der Waals surface area contributed by atoms with E-state index in [4.69, 9.17) is 5.11 Å². The first kappa shape index (κ1) is 14.2. The van der Waals surface area contributed by atoms with E-state index in [9.17, 15) is 17.6 Å². The molecule has 3 nitrogen and oxygen atoms in total. The lowest BCUT2D eigenvalue weighted by Crippen LogP contribution is -2.37. The lowest BCUT2D eigenvalue weighted by molar-refractivity contribution is -0.120. The van der Waals surface area contributed by atoms with Gasteiger partial charge in [-0.15, -0.1) is 0 Å². The Kier molecular flexibility index (Phi) is 4.70. The van der Waals surface area contributed by atoms with Crippen LogP contribution in [0.2, 0.25) is 0 Å². The van der Waals surface area contributed by atoms with Gasteiger partial charge in [0.25, 0.3) is 0 Å². The van der Waals surface area contributed by atoms with Crippen molar-refractivity contribution in [1.29, 1.82) is 0 Å². The second-order valence-corrected chi connectivity index (χ2v) is 4.13. The molecule has 1 aromatic heterocycles. The minimum Gasteiger partial charge on any atom is -0.395 e. The number of pyridine rings is 1. The van der Waals surface area contributed by atoms with Crippen LogP contribution in [-0.2, 0) is 0 Å². The summed E-state index contributed by atoms with van der Waals surface area (Å²) in [6.45, 7) is -2.22. The van der Waals surface area contributed by atoms with Gasteiger partial charge < -0.3 is 10.0 Å². The van der Waals surface area contributed by atoms with E-state index in [2.05, 4.69) is 20.9 Å². The third-order valence-electron chi connectivity index (χ3n) is 1.83. The Morgan fingerprint density at radius 1 is 1.41 bits per heavy atom. The molecule has 1 rings (SSSR count). The summed E-state index contributed by atoms with van der Waals surface area (Å²) in [6.07, 6.45) is -3.30. The highest BCUT2D eigenvalue weighted by Gasteiger charge is 2.32. The van der Waals surface area contributed by atoms with Crippen molar-refractivity contribution in [3.63, 3.8) is 0 Å². The SMILES string of the molecule is OCCN(CC(F)(F)F)c1ncc(Br)cc1F. The fourth-order valence-electron chi connectivity index (χ4n) is 1.24. The van der Waals surface area contributed by atoms with E-state index in [-0.39, 0.29) is 6.54 Å². The van der Waals surface area contributed by atoms with Crippen molar-refractivity contribution < 1.29 is 22.7 Å². The summed E-state index contributed by atoms with van der Waals surface area (Å²) in [4.78, 5) is 4.21. The van der Waals surface area contributed by atoms with Gasteiger partial charge in [-0.1, -0.05) is 0 Å². The number of anilines is 1. The molecule has 96 valence electrons. The fourth-order valence-corrected chi connectivity index (χ4v) is 1.54. The lowest BCUT2D eigenvalue weighted by atomic mass is 10.3. The van der Waals surface area contributed by atoms with Gasteiger partial charge in [0.05, 0.1) is 6.61 Å². The van der Waals surface area contributed by atoms with E-state index < -0.39 is 31.0 Å². The summed E-state index contributed by atoms with van der Waals surface area (Å²) >= 11 is 2.95. The predicted octanol–water partition coefficient (Wildman–Crippen LogP) is 2.34. The second kappa shape index (κ2) is 5.63. The summed E-state index contributed by atoms with van der Waals surface area (Å²) in [5.74, 6) is -1.31. The molecule has 8 heteroatoms. The minimum absolute atomic E-state index is 0.328. The van der Waals surface area contributed by atoms with E-state index in [0.29, 0.717) is 9.37 Å². The van der Waals surface area contributed by atoms with Crippen LogP contribution in [0.5, 0.6) is 0 Å². The van der Waals surface area contributed by atoms with Crippen LogP contribution in [0.1, 0.15) is 0 Å². The van der Waals surface area contributed by atoms with Gasteiger partial charge in [0.1, 0.15) is 6.54 Å². The number of hydrogen-bond donors (Lipinski definition) is 1. The first-order valence-corrected chi connectivity index (χ1v) is 5.36. The van der Waals surface area contributed by atoms with E-state index in [0.717, 1.165) is 6.07 Å². The topological polar surface area (TPSA) is 36.4 Å². The molecule has 0 saturated carbocycles. The van der Waals surface area contributed by atoms with Crippen LogP contribution in [0.15, 0.2) is 16.7 Å². The van der Waals surface area contributed by atoms with Gasteiger partial charge >= 0.3 is 6.18 Å². The van der Waals surface area contributed by atoms with Crippen LogP contribution in [0, 0.1) is 5.82 Å². The maximum atomic E-state index is 13.4. The molecule has 1 N–H and O–H groups in total. The van der Waals surface area contributed by atoms with E-state index >= 15 is 0 Å². The van der Waals surface area contributed by atoms with Crippen LogP contribution >= 0.6 is 15.9 Å². The molecule has 0 saturated heterocycles. The van der Waals surface area contributed by atoms with Crippen molar-refractivity contribution in [2.75, 3.05) is 24.6 Å². The Balaban J connectivity index is 2.97. The zero-order chi connectivity index (χ0) is 13.1. The number of aromatic nitrogens is 1. The third kappa shape index (κ3) is 4.47. The Bertz CT molecular complexity index is 386. The number of alkyl halides is 3. The van der Waals surface area contributed by atoms with Crippen LogP contribution in [-0.4, -0.2) is 36.0 Å². The average molecular weight is 317 g/mol. The van der Waals surface area contributed by atoms with Crippen LogP contribution in [0.25, 0.3) is 0 Å². The summed E-state index contributed by atoms with van der Waals surface area (Å²) in [6, 6.07) is 1.02. The van der Waals surface area contributed by atoms with Crippen molar-refractivity contribution in [3.05, 3.63) is 22.6 Å². The predicted molar refractivity (Wildman–Crippen MR) is 57.2 cm³/mol. The maximum absolute atomic E-state index is 13.4. The molecule has 0 aromatic carbocycles. The van der Waals surface area contributed by atoms with Crippen molar-refractivity contribution in [1.82, 2.24) is 4.98 Å². The lowest BCUT2D eigenvalue weighted by Gasteiger charge is -2.24. The highest BCUT2D eigenvalue weighted by atomic mass is 79.9. The van der Waals surface area contributed by atoms with Gasteiger partial charge in [-0.25, -0.2) is 9.37 Å². The molecule has 0 unspecified atom stereocenters. The number of rotatable bonds is 4. The summed E-state index contributed by atoms with van der Waals surface area (Å²) < 4.78 is 50.5. The maximum Gasteiger partial charge on any atom is 0.405 e. The number of halogens is 5. The summed E-state index contributed by atoms with van der Waals surface area (Å²) in [7, 11) is 0. The quantitative estimate of drug-likeness (QED) is 0.866. The zero-order valence-corrected chi connectivity index (χ0v) is 10.1. The smallest absolute Gasteiger partial charge is 0.395 e. The normalized spacial score (nSPS) is 11.6. The van der Waals surface area contributed by atoms with Gasteiger partial charge in [0.15, 0.2) is 11.6 Å². The molecule has 0 aliphatic heterocycles. The van der Waals surface area contributed by atoms with Gasteiger partial charge in [0, 0.05) is 17.2 Å². The van der Waals surface area contributed by atoms with Crippen molar-refractivity contribution in [2.45, 2.75) is 6.18 Å². The molecule has 1 aromatic rings. The third-order valence-corrected chi connectivity index (χ3v) is 2.26. The van der Waals surface area contributed by atoms with Gasteiger partial charge in [-0.05, 0) is 22.0 Å². The van der Waals surface area contributed by atoms with Crippen LogP contribution in [0.3, 0.4) is 0 Å². The Labute approximate surface area is 103 Å². The Morgan fingerprint density at radius 2 is 2.06 bits per heavy atom. The highest BCUT2D eigenvalue weighted by molar-refractivity contribution is 9.10. The summed E-state index contributed by atoms with van der Waals surface area (Å²) in [5.41, 5.74) is 0. The molecule has 0 bridgehead atoms. The summed E-state index contributed by atoms with van der Waals surface area (Å²) in [5, 5.41) is 8.67. The van der Waals surface area contributed by atoms with E-state index in [1.165, 1.54) is 6.20 Å². The van der Waals surface area contributed by atoms with Gasteiger partial charge in [-0.2, -0.15) is 13.2 Å². The molecular formula is C9H9BrF4N2O. The first-order valence-electron chi connectivity index (χ1n) is 4.57. The molecule has 1 heterocycles. The van der Waals surface area contributed by atoms with E-state index in [1.807, 2.05) is 0 Å². The molecule has 0 aliphatic carbocycles. The largest absolute Gasteiger partial charge is 0.405 e. The molecule has 0 aliphatic rings. The fraction of sp³-hybridized carbons (Fsp3) is 0.444. The second-order valence-electron chi connectivity index (χ2n) is 3.22. The highest BCUT2D eigenvalue weighted by Crippen LogP contribution is 2.24. The number of hydrogen-bond acceptors (Lipinski definition) is 3. The van der Waals surface area contributed by atoms with Crippen molar-refractivity contribution in [3.8, 4) is 0 Å². The molecule has 0 amide bonds. The van der Waals surface area contributed by atoms with Crippen molar-refractivity contribution in [2.24, 2.45) is 0 Å². The van der Waals surface area contributed by atoms with Gasteiger partial charge in [0.2, 0.25) is 0 Å². The molecule has 0 fully saturated rings. The number of aliphatic hydroxyl groups is 1. The van der Waals surface area contributed by atoms with Crippen LogP contribution < -0.4 is 4.90 Å². The Morgan fingerprint density at radius 3 is 2.53 bits per heavy atom. The number of aliphatic hydroxyl groups excluding tert-OH is 1. The monoisotopic (exact) mass is 316 g/mol. The van der Waals surface area contributed by atoms with Gasteiger partial charge in [-0.3, -0.25) is 0 Å². The molecule has 0 radical (unpaired) electrons. The minimum atomic E-state index is -4.49. The molecular weight excluding hydrogens is 308 g/mol. The number of nitrogens with zero attached hydrogens (tertiary/aromatic N) is 2. The zero-order valence-electron chi connectivity index (χ0n) is 8.51. The molecule has 0 atom stereocenters. The standard InChI is InChI=1S/C9H9BrF4N2O/c10-6-3-7(11)8(15-4-6)16(1-2-17)5-9(12,13)14/h3-4,17H,1-2,5H2. The average Bonchev–Trinajstić information content (AvgIpc) is 2.14. The van der Waals surface area contributed by atoms with Crippen molar-refractivity contribution >= 4 is 21.7 Å². The first-order chi connectivity index (χ1) is 7.83. The Hall–Kier alpha value is -0.890. The molecule has 17 heavy (non-hydrogen) atoms.